The highest BCUT2D eigenvalue weighted by molar-refractivity contribution is 9.10. The average molecular weight is 302 g/mol. The molecule has 0 bridgehead atoms. The van der Waals surface area contributed by atoms with Crippen LogP contribution in [0.1, 0.15) is 38.7 Å². The van der Waals surface area contributed by atoms with Crippen molar-refractivity contribution in [3.05, 3.63) is 34.1 Å². The van der Waals surface area contributed by atoms with Crippen molar-refractivity contribution in [3.63, 3.8) is 0 Å². The van der Waals surface area contributed by atoms with E-state index in [-0.39, 0.29) is 5.82 Å². The molecule has 1 N–H and O–H groups in total. The first-order chi connectivity index (χ1) is 8.17. The molecule has 1 aromatic carbocycles. The normalized spacial score (nSPS) is 12.7. The van der Waals surface area contributed by atoms with Gasteiger partial charge in [0, 0.05) is 10.5 Å². The van der Waals surface area contributed by atoms with E-state index in [9.17, 15) is 4.39 Å². The van der Waals surface area contributed by atoms with Gasteiger partial charge in [0.15, 0.2) is 0 Å². The number of likely N-dealkylation sites (N-methyl/N-ethyl adjacent to an activating group) is 1. The molecule has 0 fully saturated rings. The third-order valence-corrected chi connectivity index (χ3v) is 3.37. The van der Waals surface area contributed by atoms with E-state index >= 15 is 0 Å². The minimum absolute atomic E-state index is 0.104. The van der Waals surface area contributed by atoms with Gasteiger partial charge in [-0.25, -0.2) is 4.39 Å². The second-order valence-electron chi connectivity index (χ2n) is 4.34. The molecule has 17 heavy (non-hydrogen) atoms. The van der Waals surface area contributed by atoms with Gasteiger partial charge in [0.05, 0.1) is 0 Å². The van der Waals surface area contributed by atoms with Gasteiger partial charge in [-0.1, -0.05) is 42.6 Å². The molecule has 0 aliphatic heterocycles. The number of nitrogens with one attached hydrogen (secondary N) is 1. The second-order valence-corrected chi connectivity index (χ2v) is 5.25. The lowest BCUT2D eigenvalue weighted by Crippen LogP contribution is -2.31. The van der Waals surface area contributed by atoms with Gasteiger partial charge in [0.1, 0.15) is 5.82 Å². The van der Waals surface area contributed by atoms with Crippen LogP contribution in [0.5, 0.6) is 0 Å². The SMILES string of the molecule is CCCCC(Cc1cc(Br)ccc1F)NCC. The molecule has 1 rings (SSSR count). The minimum Gasteiger partial charge on any atom is -0.314 e. The standard InChI is InChI=1S/C14H21BrFN/c1-3-5-6-13(17-4-2)10-11-9-12(15)7-8-14(11)16/h7-9,13,17H,3-6,10H2,1-2H3. The third-order valence-electron chi connectivity index (χ3n) is 2.87. The average Bonchev–Trinajstić information content (AvgIpc) is 2.31. The first-order valence-corrected chi connectivity index (χ1v) is 7.14. The van der Waals surface area contributed by atoms with Crippen molar-refractivity contribution in [2.24, 2.45) is 0 Å². The summed E-state index contributed by atoms with van der Waals surface area (Å²) in [6.45, 7) is 5.21. The number of hydrogen-bond donors (Lipinski definition) is 1. The van der Waals surface area contributed by atoms with E-state index in [0.717, 1.165) is 29.4 Å². The quantitative estimate of drug-likeness (QED) is 0.792. The van der Waals surface area contributed by atoms with Gasteiger partial charge in [0.2, 0.25) is 0 Å². The smallest absolute Gasteiger partial charge is 0.126 e. The minimum atomic E-state index is -0.104. The Morgan fingerprint density at radius 1 is 1.35 bits per heavy atom. The van der Waals surface area contributed by atoms with Crippen molar-refractivity contribution < 1.29 is 4.39 Å². The highest BCUT2D eigenvalue weighted by Crippen LogP contribution is 2.18. The van der Waals surface area contributed by atoms with Crippen LogP contribution in [0.2, 0.25) is 0 Å². The lowest BCUT2D eigenvalue weighted by molar-refractivity contribution is 0.464. The summed E-state index contributed by atoms with van der Waals surface area (Å²) in [4.78, 5) is 0. The number of rotatable bonds is 7. The Morgan fingerprint density at radius 2 is 2.12 bits per heavy atom. The van der Waals surface area contributed by atoms with Crippen LogP contribution in [0.3, 0.4) is 0 Å². The summed E-state index contributed by atoms with van der Waals surface area (Å²) in [7, 11) is 0. The van der Waals surface area contributed by atoms with Crippen LogP contribution in [-0.2, 0) is 6.42 Å². The first-order valence-electron chi connectivity index (χ1n) is 6.34. The van der Waals surface area contributed by atoms with Crippen LogP contribution >= 0.6 is 15.9 Å². The van der Waals surface area contributed by atoms with E-state index in [0.29, 0.717) is 6.04 Å². The molecule has 0 saturated carbocycles. The summed E-state index contributed by atoms with van der Waals surface area (Å²) in [5.74, 6) is -0.104. The predicted octanol–water partition coefficient (Wildman–Crippen LogP) is 4.30. The fourth-order valence-corrected chi connectivity index (χ4v) is 2.39. The molecule has 1 atom stereocenters. The molecule has 0 aliphatic carbocycles. The molecule has 0 heterocycles. The molecule has 0 aliphatic rings. The van der Waals surface area contributed by atoms with Crippen LogP contribution < -0.4 is 5.32 Å². The third kappa shape index (κ3) is 5.17. The first kappa shape index (κ1) is 14.7. The molecule has 0 radical (unpaired) electrons. The maximum atomic E-state index is 13.6. The lowest BCUT2D eigenvalue weighted by atomic mass is 10.0. The fraction of sp³-hybridized carbons (Fsp3) is 0.571. The van der Waals surface area contributed by atoms with Gasteiger partial charge in [-0.2, -0.15) is 0 Å². The molecule has 0 aromatic heterocycles. The number of benzene rings is 1. The Bertz CT molecular complexity index is 341. The monoisotopic (exact) mass is 301 g/mol. The Labute approximate surface area is 112 Å². The van der Waals surface area contributed by atoms with Gasteiger partial charge < -0.3 is 5.32 Å². The van der Waals surface area contributed by atoms with Gasteiger partial charge in [-0.05, 0) is 43.1 Å². The zero-order chi connectivity index (χ0) is 12.7. The van der Waals surface area contributed by atoms with Gasteiger partial charge in [-0.3, -0.25) is 0 Å². The molecule has 1 aromatic rings. The predicted molar refractivity (Wildman–Crippen MR) is 74.8 cm³/mol. The molecular formula is C14H21BrFN. The molecule has 1 unspecified atom stereocenters. The van der Waals surface area contributed by atoms with Crippen molar-refractivity contribution in [2.45, 2.75) is 45.6 Å². The lowest BCUT2D eigenvalue weighted by Gasteiger charge is -2.18. The van der Waals surface area contributed by atoms with Crippen molar-refractivity contribution >= 4 is 15.9 Å². The molecule has 0 spiro atoms. The topological polar surface area (TPSA) is 12.0 Å². The Hall–Kier alpha value is -0.410. The maximum absolute atomic E-state index is 13.6. The van der Waals surface area contributed by atoms with Gasteiger partial charge in [-0.15, -0.1) is 0 Å². The second kappa shape index (κ2) is 7.83. The summed E-state index contributed by atoms with van der Waals surface area (Å²) in [5, 5.41) is 3.43. The van der Waals surface area contributed by atoms with Crippen LogP contribution in [0.15, 0.2) is 22.7 Å². The molecule has 96 valence electrons. The van der Waals surface area contributed by atoms with E-state index in [1.54, 1.807) is 6.07 Å². The van der Waals surface area contributed by atoms with Gasteiger partial charge in [0.25, 0.3) is 0 Å². The Kier molecular flexibility index (Phi) is 6.75. The number of hydrogen-bond acceptors (Lipinski definition) is 1. The van der Waals surface area contributed by atoms with Gasteiger partial charge >= 0.3 is 0 Å². The number of halogens is 2. The largest absolute Gasteiger partial charge is 0.314 e. The summed E-state index contributed by atoms with van der Waals surface area (Å²) < 4.78 is 14.6. The summed E-state index contributed by atoms with van der Waals surface area (Å²) in [6.07, 6.45) is 4.24. The number of unbranched alkanes of at least 4 members (excludes halogenated alkanes) is 1. The molecule has 1 nitrogen and oxygen atoms in total. The highest BCUT2D eigenvalue weighted by atomic mass is 79.9. The van der Waals surface area contributed by atoms with Crippen LogP contribution in [-0.4, -0.2) is 12.6 Å². The molecule has 0 amide bonds. The van der Waals surface area contributed by atoms with E-state index in [2.05, 4.69) is 35.1 Å². The van der Waals surface area contributed by atoms with Crippen molar-refractivity contribution in [1.29, 1.82) is 0 Å². The molecular weight excluding hydrogens is 281 g/mol. The van der Waals surface area contributed by atoms with Crippen molar-refractivity contribution in [2.75, 3.05) is 6.54 Å². The summed E-state index contributed by atoms with van der Waals surface area (Å²) in [6, 6.07) is 5.53. The highest BCUT2D eigenvalue weighted by Gasteiger charge is 2.11. The Balaban J connectivity index is 2.67. The van der Waals surface area contributed by atoms with E-state index < -0.39 is 0 Å². The molecule has 0 saturated heterocycles. The van der Waals surface area contributed by atoms with Crippen LogP contribution in [0, 0.1) is 5.82 Å². The van der Waals surface area contributed by atoms with E-state index in [1.165, 1.54) is 18.9 Å². The van der Waals surface area contributed by atoms with E-state index in [4.69, 9.17) is 0 Å². The van der Waals surface area contributed by atoms with E-state index in [1.807, 2.05) is 6.07 Å². The Morgan fingerprint density at radius 3 is 2.76 bits per heavy atom. The fourth-order valence-electron chi connectivity index (χ4n) is 1.98. The van der Waals surface area contributed by atoms with Crippen LogP contribution in [0.25, 0.3) is 0 Å². The summed E-state index contributed by atoms with van der Waals surface area (Å²) in [5.41, 5.74) is 0.793. The van der Waals surface area contributed by atoms with Crippen molar-refractivity contribution in [3.8, 4) is 0 Å². The zero-order valence-corrected chi connectivity index (χ0v) is 12.2. The zero-order valence-electron chi connectivity index (χ0n) is 10.6. The van der Waals surface area contributed by atoms with Crippen LogP contribution in [0.4, 0.5) is 4.39 Å². The summed E-state index contributed by atoms with van der Waals surface area (Å²) >= 11 is 3.39. The van der Waals surface area contributed by atoms with Crippen molar-refractivity contribution in [1.82, 2.24) is 5.32 Å². The maximum Gasteiger partial charge on any atom is 0.126 e. The molecule has 3 heteroatoms.